The maximum Gasteiger partial charge on any atom is -0.0109 e. The van der Waals surface area contributed by atoms with Crippen molar-refractivity contribution in [1.82, 2.24) is 0 Å². The van der Waals surface area contributed by atoms with Gasteiger partial charge in [-0.25, -0.2) is 0 Å². The van der Waals surface area contributed by atoms with Crippen molar-refractivity contribution in [3.8, 4) is 0 Å². The van der Waals surface area contributed by atoms with Gasteiger partial charge in [-0.3, -0.25) is 0 Å². The molecule has 0 aliphatic heterocycles. The Balaban J connectivity index is 2.71. The average molecular weight is 238 g/mol. The number of benzene rings is 2. The quantitative estimate of drug-likeness (QED) is 0.617. The largest absolute Gasteiger partial charge is 0.0870 e. The average Bonchev–Trinajstić information content (AvgIpc) is 2.31. The van der Waals surface area contributed by atoms with E-state index in [0.29, 0.717) is 0 Å². The molecule has 2 aromatic rings. The minimum Gasteiger partial charge on any atom is -0.0870 e. The number of aryl methyl sites for hydroxylation is 1. The van der Waals surface area contributed by atoms with Crippen LogP contribution in [0.25, 0.3) is 16.8 Å². The molecule has 0 spiro atoms. The summed E-state index contributed by atoms with van der Waals surface area (Å²) < 4.78 is 0. The predicted molar refractivity (Wildman–Crippen MR) is 82.1 cm³/mol. The molecule has 0 aliphatic rings. The fourth-order valence-electron chi connectivity index (χ4n) is 2.32. The summed E-state index contributed by atoms with van der Waals surface area (Å²) in [6.07, 6.45) is 4.31. The maximum atomic E-state index is 2.32. The zero-order valence-corrected chi connectivity index (χ0v) is 12.0. The van der Waals surface area contributed by atoms with Gasteiger partial charge in [0.25, 0.3) is 0 Å². The Morgan fingerprint density at radius 2 is 1.72 bits per heavy atom. The Labute approximate surface area is 110 Å². The molecule has 0 bridgehead atoms. The summed E-state index contributed by atoms with van der Waals surface area (Å²) in [6.45, 7) is 11.0. The van der Waals surface area contributed by atoms with Crippen molar-refractivity contribution in [3.05, 3.63) is 53.1 Å². The van der Waals surface area contributed by atoms with Crippen LogP contribution in [-0.2, 0) is 5.41 Å². The molecule has 94 valence electrons. The highest BCUT2D eigenvalue weighted by molar-refractivity contribution is 5.92. The fourth-order valence-corrected chi connectivity index (χ4v) is 2.32. The van der Waals surface area contributed by atoms with Crippen LogP contribution in [0.5, 0.6) is 0 Å². The van der Waals surface area contributed by atoms with Gasteiger partial charge >= 0.3 is 0 Å². The lowest BCUT2D eigenvalue weighted by Crippen LogP contribution is -2.10. The Morgan fingerprint density at radius 3 is 2.33 bits per heavy atom. The summed E-state index contributed by atoms with van der Waals surface area (Å²) in [5, 5.41) is 2.68. The van der Waals surface area contributed by atoms with E-state index in [4.69, 9.17) is 0 Å². The molecular weight excluding hydrogens is 216 g/mol. The van der Waals surface area contributed by atoms with Gasteiger partial charge in [-0.2, -0.15) is 0 Å². The van der Waals surface area contributed by atoms with E-state index in [9.17, 15) is 0 Å². The number of hydrogen-bond acceptors (Lipinski definition) is 0. The first-order valence-electron chi connectivity index (χ1n) is 6.60. The van der Waals surface area contributed by atoms with Gasteiger partial charge in [-0.05, 0) is 46.7 Å². The van der Waals surface area contributed by atoms with Crippen LogP contribution in [0, 0.1) is 6.92 Å². The van der Waals surface area contributed by atoms with Gasteiger partial charge in [0.05, 0.1) is 0 Å². The van der Waals surface area contributed by atoms with Crippen LogP contribution in [0.2, 0.25) is 0 Å². The molecule has 2 rings (SSSR count). The van der Waals surface area contributed by atoms with Crippen LogP contribution in [0.1, 0.15) is 44.4 Å². The van der Waals surface area contributed by atoms with Crippen molar-refractivity contribution in [2.45, 2.75) is 40.0 Å². The third-order valence-corrected chi connectivity index (χ3v) is 3.48. The molecule has 2 aromatic carbocycles. The minimum absolute atomic E-state index is 0.208. The minimum atomic E-state index is 0.208. The van der Waals surface area contributed by atoms with Crippen molar-refractivity contribution < 1.29 is 0 Å². The van der Waals surface area contributed by atoms with Crippen LogP contribution in [0.3, 0.4) is 0 Å². The molecule has 0 saturated carbocycles. The zero-order chi connectivity index (χ0) is 13.3. The van der Waals surface area contributed by atoms with E-state index in [2.05, 4.69) is 77.1 Å². The van der Waals surface area contributed by atoms with Gasteiger partial charge < -0.3 is 0 Å². The molecule has 0 radical (unpaired) electrons. The molecular formula is C18H22. The zero-order valence-electron chi connectivity index (χ0n) is 12.0. The highest BCUT2D eigenvalue weighted by atomic mass is 14.2. The normalized spacial score (nSPS) is 12.5. The summed E-state index contributed by atoms with van der Waals surface area (Å²) in [5.74, 6) is 0. The molecule has 0 fully saturated rings. The summed E-state index contributed by atoms with van der Waals surface area (Å²) in [5.41, 5.74) is 4.28. The second-order valence-electron chi connectivity index (χ2n) is 5.98. The van der Waals surface area contributed by atoms with E-state index in [0.717, 1.165) is 0 Å². The van der Waals surface area contributed by atoms with Gasteiger partial charge in [0.15, 0.2) is 0 Å². The molecule has 0 atom stereocenters. The van der Waals surface area contributed by atoms with Gasteiger partial charge in [0.2, 0.25) is 0 Å². The summed E-state index contributed by atoms with van der Waals surface area (Å²) in [4.78, 5) is 0. The van der Waals surface area contributed by atoms with Crippen LogP contribution in [0.4, 0.5) is 0 Å². The maximum absolute atomic E-state index is 2.32. The summed E-state index contributed by atoms with van der Waals surface area (Å²) >= 11 is 0. The standard InChI is InChI=1S/C18H22/c1-6-7-16-13(2)8-9-14-12-15(18(3,4)5)10-11-17(14)16/h6-12H,1-5H3/b7-6-. The van der Waals surface area contributed by atoms with Gasteiger partial charge in [-0.1, -0.05) is 63.3 Å². The lowest BCUT2D eigenvalue weighted by atomic mass is 9.85. The first kappa shape index (κ1) is 12.9. The van der Waals surface area contributed by atoms with Crippen molar-refractivity contribution in [2.75, 3.05) is 0 Å². The van der Waals surface area contributed by atoms with Crippen molar-refractivity contribution in [2.24, 2.45) is 0 Å². The Hall–Kier alpha value is -1.56. The molecule has 0 amide bonds. The predicted octanol–water partition coefficient (Wildman–Crippen LogP) is 5.48. The highest BCUT2D eigenvalue weighted by Gasteiger charge is 2.14. The fraction of sp³-hybridized carbons (Fsp3) is 0.333. The van der Waals surface area contributed by atoms with E-state index in [1.807, 2.05) is 0 Å². The molecule has 0 heteroatoms. The van der Waals surface area contributed by atoms with Crippen LogP contribution in [0.15, 0.2) is 36.4 Å². The second-order valence-corrected chi connectivity index (χ2v) is 5.98. The molecule has 0 N–H and O–H groups in total. The van der Waals surface area contributed by atoms with Crippen LogP contribution < -0.4 is 0 Å². The van der Waals surface area contributed by atoms with Gasteiger partial charge in [-0.15, -0.1) is 0 Å². The monoisotopic (exact) mass is 238 g/mol. The van der Waals surface area contributed by atoms with Gasteiger partial charge in [0.1, 0.15) is 0 Å². The van der Waals surface area contributed by atoms with E-state index in [1.165, 1.54) is 27.5 Å². The Kier molecular flexibility index (Phi) is 3.30. The summed E-state index contributed by atoms with van der Waals surface area (Å²) in [7, 11) is 0. The molecule has 18 heavy (non-hydrogen) atoms. The van der Waals surface area contributed by atoms with Crippen LogP contribution in [-0.4, -0.2) is 0 Å². The lowest BCUT2D eigenvalue weighted by molar-refractivity contribution is 0.591. The SMILES string of the molecule is C/C=C\c1c(C)ccc2cc(C(C)(C)C)ccc12. The van der Waals surface area contributed by atoms with Gasteiger partial charge in [0, 0.05) is 0 Å². The third-order valence-electron chi connectivity index (χ3n) is 3.48. The number of fused-ring (bicyclic) bond motifs is 1. The number of allylic oxidation sites excluding steroid dienone is 1. The molecule has 0 aliphatic carbocycles. The Morgan fingerprint density at radius 1 is 1.00 bits per heavy atom. The Bertz CT molecular complexity index is 595. The summed E-state index contributed by atoms with van der Waals surface area (Å²) in [6, 6.07) is 11.3. The third kappa shape index (κ3) is 2.33. The van der Waals surface area contributed by atoms with Crippen LogP contribution >= 0.6 is 0 Å². The van der Waals surface area contributed by atoms with Crippen molar-refractivity contribution >= 4 is 16.8 Å². The van der Waals surface area contributed by atoms with Crippen molar-refractivity contribution in [3.63, 3.8) is 0 Å². The number of rotatable bonds is 1. The number of hydrogen-bond donors (Lipinski definition) is 0. The van der Waals surface area contributed by atoms with E-state index >= 15 is 0 Å². The first-order chi connectivity index (χ1) is 8.43. The molecule has 0 saturated heterocycles. The molecule has 0 heterocycles. The van der Waals surface area contributed by atoms with Crippen molar-refractivity contribution in [1.29, 1.82) is 0 Å². The molecule has 0 nitrogen and oxygen atoms in total. The van der Waals surface area contributed by atoms with E-state index in [1.54, 1.807) is 0 Å². The second kappa shape index (κ2) is 4.61. The first-order valence-corrected chi connectivity index (χ1v) is 6.60. The smallest absolute Gasteiger partial charge is 0.0109 e. The lowest BCUT2D eigenvalue weighted by Gasteiger charge is -2.20. The molecule has 0 unspecified atom stereocenters. The van der Waals surface area contributed by atoms with E-state index < -0.39 is 0 Å². The van der Waals surface area contributed by atoms with E-state index in [-0.39, 0.29) is 5.41 Å². The topological polar surface area (TPSA) is 0 Å². The molecule has 0 aromatic heterocycles. The highest BCUT2D eigenvalue weighted by Crippen LogP contribution is 2.29.